The Labute approximate surface area is 89.7 Å². The molecule has 0 aliphatic heterocycles. The number of aromatic nitrogens is 2. The van der Waals surface area contributed by atoms with Crippen LogP contribution in [0.15, 0.2) is 6.33 Å². The number of hydrogen-bond donors (Lipinski definition) is 1. The summed E-state index contributed by atoms with van der Waals surface area (Å²) in [5.74, 6) is 0.0954. The molecule has 1 saturated carbocycles. The molecule has 1 atom stereocenters. The highest BCUT2D eigenvalue weighted by Gasteiger charge is 2.26. The molecule has 1 aliphatic rings. The summed E-state index contributed by atoms with van der Waals surface area (Å²) >= 11 is 0. The molecule has 4 nitrogen and oxygen atoms in total. The van der Waals surface area contributed by atoms with Gasteiger partial charge in [-0.05, 0) is 33.6 Å². The lowest BCUT2D eigenvalue weighted by Gasteiger charge is -2.14. The van der Waals surface area contributed by atoms with E-state index in [0.717, 1.165) is 24.2 Å². The monoisotopic (exact) mass is 207 g/mol. The zero-order valence-electron chi connectivity index (χ0n) is 9.45. The van der Waals surface area contributed by atoms with Crippen LogP contribution in [0.3, 0.4) is 0 Å². The molecule has 0 radical (unpaired) electrons. The van der Waals surface area contributed by atoms with Crippen LogP contribution in [0.5, 0.6) is 0 Å². The molecule has 0 bridgehead atoms. The predicted octanol–water partition coefficient (Wildman–Crippen LogP) is 1.34. The Morgan fingerprint density at radius 2 is 2.27 bits per heavy atom. The van der Waals surface area contributed by atoms with Gasteiger partial charge in [-0.3, -0.25) is 4.79 Å². The fraction of sp³-hybridized carbons (Fsp3) is 0.636. The Morgan fingerprint density at radius 1 is 1.60 bits per heavy atom. The van der Waals surface area contributed by atoms with Crippen molar-refractivity contribution in [1.29, 1.82) is 0 Å². The molecule has 0 saturated heterocycles. The highest BCUT2D eigenvalue weighted by atomic mass is 16.2. The van der Waals surface area contributed by atoms with E-state index in [1.54, 1.807) is 6.33 Å². The second kappa shape index (κ2) is 3.68. The van der Waals surface area contributed by atoms with Crippen molar-refractivity contribution in [2.24, 2.45) is 0 Å². The molecule has 0 aromatic carbocycles. The number of rotatable bonds is 3. The van der Waals surface area contributed by atoms with Crippen LogP contribution in [0.2, 0.25) is 0 Å². The first-order valence-electron chi connectivity index (χ1n) is 5.40. The summed E-state index contributed by atoms with van der Waals surface area (Å²) in [6.07, 6.45) is 3.99. The van der Waals surface area contributed by atoms with Crippen molar-refractivity contribution >= 4 is 5.91 Å². The summed E-state index contributed by atoms with van der Waals surface area (Å²) in [5, 5.41) is 3.00. The standard InChI is InChI=1S/C11H17N3O/c1-7-8(2)14(6-12-7)9(3)11(15)13-10-4-5-10/h6,9-10H,4-5H2,1-3H3,(H,13,15). The van der Waals surface area contributed by atoms with Crippen molar-refractivity contribution in [3.8, 4) is 0 Å². The number of nitrogens with one attached hydrogen (secondary N) is 1. The summed E-state index contributed by atoms with van der Waals surface area (Å²) in [7, 11) is 0. The van der Waals surface area contributed by atoms with Crippen molar-refractivity contribution in [2.75, 3.05) is 0 Å². The first-order valence-corrected chi connectivity index (χ1v) is 5.40. The molecule has 15 heavy (non-hydrogen) atoms. The van der Waals surface area contributed by atoms with E-state index in [-0.39, 0.29) is 11.9 Å². The van der Waals surface area contributed by atoms with Crippen LogP contribution in [-0.4, -0.2) is 21.5 Å². The van der Waals surface area contributed by atoms with Gasteiger partial charge in [0, 0.05) is 11.7 Å². The molecule has 1 unspecified atom stereocenters. The molecule has 1 amide bonds. The summed E-state index contributed by atoms with van der Waals surface area (Å²) in [5.41, 5.74) is 2.05. The lowest BCUT2D eigenvalue weighted by atomic mass is 10.2. The van der Waals surface area contributed by atoms with Crippen molar-refractivity contribution < 1.29 is 4.79 Å². The molecule has 1 N–H and O–H groups in total. The maximum atomic E-state index is 11.8. The van der Waals surface area contributed by atoms with Gasteiger partial charge in [0.25, 0.3) is 0 Å². The van der Waals surface area contributed by atoms with Gasteiger partial charge in [0.15, 0.2) is 0 Å². The Morgan fingerprint density at radius 3 is 2.73 bits per heavy atom. The molecule has 1 fully saturated rings. The summed E-state index contributed by atoms with van der Waals surface area (Å²) in [6.45, 7) is 5.85. The zero-order chi connectivity index (χ0) is 11.0. The van der Waals surface area contributed by atoms with E-state index in [9.17, 15) is 4.79 Å². The van der Waals surface area contributed by atoms with Gasteiger partial charge < -0.3 is 9.88 Å². The fourth-order valence-corrected chi connectivity index (χ4v) is 1.58. The van der Waals surface area contributed by atoms with Crippen molar-refractivity contribution in [1.82, 2.24) is 14.9 Å². The Kier molecular flexibility index (Phi) is 2.50. The van der Waals surface area contributed by atoms with Crippen LogP contribution in [0, 0.1) is 13.8 Å². The van der Waals surface area contributed by atoms with Crippen LogP contribution in [0.1, 0.15) is 37.2 Å². The van der Waals surface area contributed by atoms with E-state index in [4.69, 9.17) is 0 Å². The third-order valence-electron chi connectivity index (χ3n) is 3.01. The molecule has 2 rings (SSSR count). The number of carbonyl (C=O) groups is 1. The third-order valence-corrected chi connectivity index (χ3v) is 3.01. The first-order chi connectivity index (χ1) is 7.09. The van der Waals surface area contributed by atoms with Gasteiger partial charge in [-0.25, -0.2) is 4.98 Å². The molecule has 1 heterocycles. The normalized spacial score (nSPS) is 17.5. The highest BCUT2D eigenvalue weighted by molar-refractivity contribution is 5.80. The summed E-state index contributed by atoms with van der Waals surface area (Å²) < 4.78 is 1.92. The van der Waals surface area contributed by atoms with Gasteiger partial charge in [0.05, 0.1) is 12.0 Å². The van der Waals surface area contributed by atoms with Crippen LogP contribution < -0.4 is 5.32 Å². The second-order valence-electron chi connectivity index (χ2n) is 4.28. The van der Waals surface area contributed by atoms with Gasteiger partial charge in [-0.2, -0.15) is 0 Å². The zero-order valence-corrected chi connectivity index (χ0v) is 9.45. The fourth-order valence-electron chi connectivity index (χ4n) is 1.58. The van der Waals surface area contributed by atoms with E-state index in [0.29, 0.717) is 6.04 Å². The molecule has 82 valence electrons. The molecule has 1 aromatic rings. The molecule has 4 heteroatoms. The summed E-state index contributed by atoms with van der Waals surface area (Å²) in [6, 6.07) is 0.261. The second-order valence-corrected chi connectivity index (χ2v) is 4.28. The van der Waals surface area contributed by atoms with Gasteiger partial charge in [-0.15, -0.1) is 0 Å². The molecule has 1 aromatic heterocycles. The highest BCUT2D eigenvalue weighted by Crippen LogP contribution is 2.20. The number of amides is 1. The van der Waals surface area contributed by atoms with Gasteiger partial charge in [0.1, 0.15) is 6.04 Å². The minimum atomic E-state index is -0.160. The van der Waals surface area contributed by atoms with E-state index >= 15 is 0 Å². The number of aryl methyl sites for hydroxylation is 1. The van der Waals surface area contributed by atoms with Crippen LogP contribution >= 0.6 is 0 Å². The number of nitrogens with zero attached hydrogens (tertiary/aromatic N) is 2. The van der Waals surface area contributed by atoms with Crippen molar-refractivity contribution in [3.05, 3.63) is 17.7 Å². The predicted molar refractivity (Wildman–Crippen MR) is 57.6 cm³/mol. The lowest BCUT2D eigenvalue weighted by molar-refractivity contribution is -0.124. The lowest BCUT2D eigenvalue weighted by Crippen LogP contribution is -2.32. The average Bonchev–Trinajstić information content (AvgIpc) is 2.95. The van der Waals surface area contributed by atoms with Crippen LogP contribution in [0.25, 0.3) is 0 Å². The van der Waals surface area contributed by atoms with E-state index < -0.39 is 0 Å². The van der Waals surface area contributed by atoms with Gasteiger partial charge in [-0.1, -0.05) is 0 Å². The van der Waals surface area contributed by atoms with Crippen molar-refractivity contribution in [2.45, 2.75) is 45.7 Å². The topological polar surface area (TPSA) is 46.9 Å². The largest absolute Gasteiger partial charge is 0.352 e. The van der Waals surface area contributed by atoms with E-state index in [1.807, 2.05) is 25.3 Å². The first kappa shape index (κ1) is 10.2. The molecular weight excluding hydrogens is 190 g/mol. The Bertz CT molecular complexity index is 379. The quantitative estimate of drug-likeness (QED) is 0.813. The van der Waals surface area contributed by atoms with Gasteiger partial charge >= 0.3 is 0 Å². The average molecular weight is 207 g/mol. The molecule has 0 spiro atoms. The van der Waals surface area contributed by atoms with Gasteiger partial charge in [0.2, 0.25) is 5.91 Å². The smallest absolute Gasteiger partial charge is 0.243 e. The minimum absolute atomic E-state index is 0.0954. The number of carbonyl (C=O) groups excluding carboxylic acids is 1. The minimum Gasteiger partial charge on any atom is -0.352 e. The SMILES string of the molecule is Cc1ncn(C(C)C(=O)NC2CC2)c1C. The van der Waals surface area contributed by atoms with Crippen LogP contribution in [0.4, 0.5) is 0 Å². The number of imidazole rings is 1. The van der Waals surface area contributed by atoms with E-state index in [1.165, 1.54) is 0 Å². The molecule has 1 aliphatic carbocycles. The van der Waals surface area contributed by atoms with Crippen molar-refractivity contribution in [3.63, 3.8) is 0 Å². The Hall–Kier alpha value is -1.32. The van der Waals surface area contributed by atoms with Crippen LogP contribution in [-0.2, 0) is 4.79 Å². The van der Waals surface area contributed by atoms with E-state index in [2.05, 4.69) is 10.3 Å². The number of hydrogen-bond acceptors (Lipinski definition) is 2. The molecular formula is C11H17N3O. The maximum Gasteiger partial charge on any atom is 0.243 e. The third kappa shape index (κ3) is 2.03. The Balaban J connectivity index is 2.08. The maximum absolute atomic E-state index is 11.8. The summed E-state index contributed by atoms with van der Waals surface area (Å²) in [4.78, 5) is 16.0.